The molecule has 3 rings (SSSR count). The van der Waals surface area contributed by atoms with Gasteiger partial charge in [-0.1, -0.05) is 56.3 Å². The molecule has 2 aliphatic heterocycles. The van der Waals surface area contributed by atoms with Crippen molar-refractivity contribution in [3.63, 3.8) is 0 Å². The van der Waals surface area contributed by atoms with Gasteiger partial charge in [-0.25, -0.2) is 4.79 Å². The van der Waals surface area contributed by atoms with Crippen LogP contribution in [0.15, 0.2) is 36.4 Å². The van der Waals surface area contributed by atoms with Crippen molar-refractivity contribution in [2.24, 2.45) is 5.92 Å². The quantitative estimate of drug-likeness (QED) is 0.330. The molecule has 2 aliphatic rings. The Balaban J connectivity index is 0.00000363. The van der Waals surface area contributed by atoms with Crippen LogP contribution in [0.3, 0.4) is 0 Å². The fraction of sp³-hybridized carbons (Fsp3) is 0.522. The van der Waals surface area contributed by atoms with Gasteiger partial charge < -0.3 is 19.5 Å². The minimum absolute atomic E-state index is 0. The van der Waals surface area contributed by atoms with Gasteiger partial charge in [0.25, 0.3) is 5.91 Å². The van der Waals surface area contributed by atoms with Crippen LogP contribution in [0, 0.1) is 5.92 Å². The first-order valence-electron chi connectivity index (χ1n) is 10.8. The molecule has 8 nitrogen and oxygen atoms in total. The van der Waals surface area contributed by atoms with Crippen molar-refractivity contribution < 1.29 is 53.8 Å². The minimum Gasteiger partial charge on any atom is -0.547 e. The molecule has 168 valence electrons. The van der Waals surface area contributed by atoms with Crippen LogP contribution in [0.5, 0.6) is 0 Å². The summed E-state index contributed by atoms with van der Waals surface area (Å²) in [6, 6.07) is 9.69. The number of carboxylic acid groups (broad SMARTS) is 1. The Bertz CT molecular complexity index is 809. The molecular weight excluding hydrogens is 421 g/mol. The van der Waals surface area contributed by atoms with E-state index in [1.807, 2.05) is 44.2 Å². The summed E-state index contributed by atoms with van der Waals surface area (Å²) in [6.45, 7) is 7.49. The average molecular weight is 451 g/mol. The van der Waals surface area contributed by atoms with Crippen LogP contribution < -0.4 is 34.7 Å². The Morgan fingerprint density at radius 2 is 1.78 bits per heavy atom. The molecule has 0 N–H and O–H groups in total. The monoisotopic (exact) mass is 451 g/mol. The van der Waals surface area contributed by atoms with Crippen LogP contribution in [0.4, 0.5) is 4.79 Å². The molecule has 2 fully saturated rings. The second kappa shape index (κ2) is 12.5. The molecule has 2 saturated heterocycles. The van der Waals surface area contributed by atoms with Crippen LogP contribution in [-0.2, 0) is 14.3 Å². The summed E-state index contributed by atoms with van der Waals surface area (Å²) in [5.74, 6) is -1.71. The van der Waals surface area contributed by atoms with E-state index in [9.17, 15) is 19.5 Å². The van der Waals surface area contributed by atoms with E-state index in [0.717, 1.165) is 17.0 Å². The van der Waals surface area contributed by atoms with Gasteiger partial charge in [0.05, 0.1) is 5.97 Å². The summed E-state index contributed by atoms with van der Waals surface area (Å²) in [6.07, 6.45) is 2.45. The van der Waals surface area contributed by atoms with E-state index in [1.165, 1.54) is 0 Å². The first-order valence-corrected chi connectivity index (χ1v) is 10.8. The number of urea groups is 1. The topological polar surface area (TPSA) is 96.5 Å². The summed E-state index contributed by atoms with van der Waals surface area (Å²) in [5.41, 5.74) is 1.15. The fourth-order valence-corrected chi connectivity index (χ4v) is 3.51. The molecule has 0 aromatic heterocycles. The molecule has 0 bridgehead atoms. The Morgan fingerprint density at radius 3 is 2.34 bits per heavy atom. The SMILES string of the molecule is CC(C)CCN(C(=O)C1OC1C(=O)[O-])C(=O)N1CCN(CC=Cc2ccccc2)CC1.[Na+]. The maximum Gasteiger partial charge on any atom is 1.00 e. The number of amides is 3. The average Bonchev–Trinajstić information content (AvgIpc) is 3.56. The van der Waals surface area contributed by atoms with Crippen molar-refractivity contribution >= 4 is 24.0 Å². The van der Waals surface area contributed by atoms with Gasteiger partial charge in [0.15, 0.2) is 6.10 Å². The number of hydrogen-bond donors (Lipinski definition) is 0. The Kier molecular flexibility index (Phi) is 10.4. The molecule has 32 heavy (non-hydrogen) atoms. The number of hydrogen-bond acceptors (Lipinski definition) is 6. The van der Waals surface area contributed by atoms with Gasteiger partial charge >= 0.3 is 35.6 Å². The van der Waals surface area contributed by atoms with Gasteiger partial charge in [0.1, 0.15) is 6.10 Å². The molecular formula is C23H30N3NaO5. The summed E-state index contributed by atoms with van der Waals surface area (Å²) in [5, 5.41) is 10.9. The van der Waals surface area contributed by atoms with E-state index >= 15 is 0 Å². The Morgan fingerprint density at radius 1 is 1.12 bits per heavy atom. The number of aliphatic carboxylic acids is 1. The number of carboxylic acids is 1. The number of nitrogens with zero attached hydrogens (tertiary/aromatic N) is 3. The van der Waals surface area contributed by atoms with E-state index in [4.69, 9.17) is 4.74 Å². The smallest absolute Gasteiger partial charge is 0.547 e. The maximum absolute atomic E-state index is 13.0. The van der Waals surface area contributed by atoms with Crippen molar-refractivity contribution in [3.05, 3.63) is 42.0 Å². The third-order valence-corrected chi connectivity index (χ3v) is 5.51. The number of imide groups is 1. The summed E-state index contributed by atoms with van der Waals surface area (Å²) in [7, 11) is 0. The first kappa shape index (κ1) is 26.5. The number of benzene rings is 1. The molecule has 2 unspecified atom stereocenters. The van der Waals surface area contributed by atoms with E-state index in [-0.39, 0.29) is 42.1 Å². The van der Waals surface area contributed by atoms with Crippen LogP contribution >= 0.6 is 0 Å². The zero-order chi connectivity index (χ0) is 22.4. The molecule has 1 aromatic carbocycles. The number of ether oxygens (including phenoxy) is 1. The standard InChI is InChI=1S/C23H31N3O5.Na/c1-17(2)10-12-26(21(27)19-20(31-19)22(28)29)23(30)25-15-13-24(14-16-25)11-6-9-18-7-4-3-5-8-18;/h3-9,17,19-20H,10-16H2,1-2H3,(H,28,29);/q;+1/p-1. The van der Waals surface area contributed by atoms with Crippen LogP contribution in [-0.4, -0.2) is 84.1 Å². The maximum atomic E-state index is 13.0. The van der Waals surface area contributed by atoms with Crippen LogP contribution in [0.25, 0.3) is 6.08 Å². The number of carbonyl (C=O) groups is 3. The van der Waals surface area contributed by atoms with Crippen molar-refractivity contribution in [2.75, 3.05) is 39.3 Å². The number of carbonyl (C=O) groups excluding carboxylic acids is 3. The molecule has 0 aliphatic carbocycles. The molecule has 1 aromatic rings. The van der Waals surface area contributed by atoms with Gasteiger partial charge in [-0.15, -0.1) is 0 Å². The van der Waals surface area contributed by atoms with Crippen molar-refractivity contribution in [1.29, 1.82) is 0 Å². The zero-order valence-corrected chi connectivity index (χ0v) is 21.1. The predicted octanol–water partition coefficient (Wildman–Crippen LogP) is -2.17. The summed E-state index contributed by atoms with van der Waals surface area (Å²) >= 11 is 0. The number of rotatable bonds is 8. The molecule has 9 heteroatoms. The van der Waals surface area contributed by atoms with Gasteiger partial charge in [0, 0.05) is 39.3 Å². The van der Waals surface area contributed by atoms with Crippen LogP contribution in [0.2, 0.25) is 0 Å². The van der Waals surface area contributed by atoms with E-state index in [1.54, 1.807) is 4.90 Å². The number of piperazine rings is 1. The van der Waals surface area contributed by atoms with Gasteiger partial charge in [0.2, 0.25) is 0 Å². The molecule has 2 atom stereocenters. The van der Waals surface area contributed by atoms with E-state index in [2.05, 4.69) is 17.1 Å². The zero-order valence-electron chi connectivity index (χ0n) is 19.1. The van der Waals surface area contributed by atoms with Gasteiger partial charge in [-0.05, 0) is 17.9 Å². The van der Waals surface area contributed by atoms with Crippen molar-refractivity contribution in [3.8, 4) is 0 Å². The first-order chi connectivity index (χ1) is 14.9. The van der Waals surface area contributed by atoms with Crippen molar-refractivity contribution in [2.45, 2.75) is 32.5 Å². The fourth-order valence-electron chi connectivity index (χ4n) is 3.51. The minimum atomic E-state index is -1.42. The van der Waals surface area contributed by atoms with Crippen molar-refractivity contribution in [1.82, 2.24) is 14.7 Å². The summed E-state index contributed by atoms with van der Waals surface area (Å²) < 4.78 is 4.92. The van der Waals surface area contributed by atoms with E-state index in [0.29, 0.717) is 38.5 Å². The Hall–Kier alpha value is -1.71. The summed E-state index contributed by atoms with van der Waals surface area (Å²) in [4.78, 5) is 41.7. The molecule has 2 heterocycles. The van der Waals surface area contributed by atoms with Crippen LogP contribution in [0.1, 0.15) is 25.8 Å². The normalized spacial score (nSPS) is 20.8. The number of epoxide rings is 1. The third-order valence-electron chi connectivity index (χ3n) is 5.51. The second-order valence-electron chi connectivity index (χ2n) is 8.35. The molecule has 0 radical (unpaired) electrons. The second-order valence-corrected chi connectivity index (χ2v) is 8.35. The van der Waals surface area contributed by atoms with E-state index < -0.39 is 24.1 Å². The largest absolute Gasteiger partial charge is 1.00 e. The Labute approximate surface area is 211 Å². The van der Waals surface area contributed by atoms with Gasteiger partial charge in [-0.3, -0.25) is 14.6 Å². The molecule has 0 saturated carbocycles. The predicted molar refractivity (Wildman–Crippen MR) is 114 cm³/mol. The van der Waals surface area contributed by atoms with Gasteiger partial charge in [-0.2, -0.15) is 0 Å². The third kappa shape index (κ3) is 7.42. The molecule has 3 amide bonds. The molecule has 0 spiro atoms.